The zero-order valence-electron chi connectivity index (χ0n) is 41.9. The van der Waals surface area contributed by atoms with Gasteiger partial charge in [-0.3, -0.25) is 23.8 Å². The molecule has 21 heteroatoms. The van der Waals surface area contributed by atoms with Gasteiger partial charge in [-0.1, -0.05) is 87.9 Å². The van der Waals surface area contributed by atoms with Crippen LogP contribution in [0.2, 0.25) is 0 Å². The van der Waals surface area contributed by atoms with Gasteiger partial charge in [-0.15, -0.1) is 11.3 Å². The topological polar surface area (TPSA) is 224 Å². The van der Waals surface area contributed by atoms with Gasteiger partial charge in [0.1, 0.15) is 41.3 Å². The van der Waals surface area contributed by atoms with E-state index in [1.54, 1.807) is 41.7 Å². The number of rotatable bonds is 19. The van der Waals surface area contributed by atoms with Crippen LogP contribution in [0.4, 0.5) is 24.7 Å². The van der Waals surface area contributed by atoms with Crippen LogP contribution in [0.15, 0.2) is 78.4 Å². The molecule has 6 N–H and O–H groups in total. The molecular formula is C53H60F3N9O7S2. The van der Waals surface area contributed by atoms with Crippen LogP contribution < -0.4 is 25.8 Å². The number of likely N-dealkylation sites (tertiary alicyclic amines) is 1. The molecule has 74 heavy (non-hydrogen) atoms. The fourth-order valence-electron chi connectivity index (χ4n) is 8.69. The van der Waals surface area contributed by atoms with Crippen molar-refractivity contribution in [3.05, 3.63) is 107 Å². The maximum atomic E-state index is 14.1. The lowest BCUT2D eigenvalue weighted by Crippen LogP contribution is -2.57. The van der Waals surface area contributed by atoms with Gasteiger partial charge in [0, 0.05) is 51.2 Å². The number of aryl methyl sites for hydroxylation is 2. The molecule has 1 fully saturated rings. The number of nitrogen functional groups attached to an aromatic ring is 1. The summed E-state index contributed by atoms with van der Waals surface area (Å²) < 4.78 is 74.5. The maximum absolute atomic E-state index is 14.1. The molecule has 16 nitrogen and oxygen atoms in total. The first-order chi connectivity index (χ1) is 35.1. The summed E-state index contributed by atoms with van der Waals surface area (Å²) in [4.78, 5) is 52.0. The second kappa shape index (κ2) is 23.5. The molecule has 0 bridgehead atoms. The zero-order chi connectivity index (χ0) is 53.5. The van der Waals surface area contributed by atoms with Gasteiger partial charge in [0.2, 0.25) is 17.7 Å². The number of thiazole rings is 1. The van der Waals surface area contributed by atoms with Crippen LogP contribution in [0, 0.1) is 30.0 Å². The monoisotopic (exact) mass is 1060 g/mol. The first-order valence-electron chi connectivity index (χ1n) is 24.1. The van der Waals surface area contributed by atoms with Crippen LogP contribution in [0.1, 0.15) is 101 Å². The number of unbranched alkanes of at least 4 members (excludes halogenated alkanes) is 4. The van der Waals surface area contributed by atoms with Crippen LogP contribution in [0.5, 0.6) is 5.75 Å². The lowest BCUT2D eigenvalue weighted by Gasteiger charge is -2.35. The van der Waals surface area contributed by atoms with Gasteiger partial charge in [-0.25, -0.2) is 22.8 Å². The molecule has 0 unspecified atom stereocenters. The summed E-state index contributed by atoms with van der Waals surface area (Å²) in [7, 11) is -3.37. The largest absolute Gasteiger partial charge is 0.484 e. The lowest BCUT2D eigenvalue weighted by molar-refractivity contribution is -0.144. The highest BCUT2D eigenvalue weighted by Crippen LogP contribution is 2.39. The number of carbonyl (C=O) groups is 3. The van der Waals surface area contributed by atoms with E-state index < -0.39 is 57.2 Å². The van der Waals surface area contributed by atoms with Crippen LogP contribution in [-0.4, -0.2) is 86.4 Å². The Balaban J connectivity index is 0.927. The molecule has 0 aliphatic carbocycles. The number of hydrogen-bond donors (Lipinski definition) is 5. The molecule has 4 atom stereocenters. The smallest absolute Gasteiger partial charge is 0.355 e. The van der Waals surface area contributed by atoms with Crippen molar-refractivity contribution in [2.75, 3.05) is 17.0 Å². The number of aliphatic hydroxyl groups is 1. The van der Waals surface area contributed by atoms with Gasteiger partial charge < -0.3 is 31.1 Å². The number of halogens is 3. The second-order valence-electron chi connectivity index (χ2n) is 19.3. The van der Waals surface area contributed by atoms with Crippen molar-refractivity contribution in [3.8, 4) is 39.3 Å². The molecule has 1 aliphatic rings. The number of β-amino-alcohol motifs (C(OH)–C–C–N with tert-alkyl or cyclic N) is 1. The third-order valence-corrected chi connectivity index (χ3v) is 14.6. The number of aliphatic hydroxyl groups excluding tert-OH is 1. The standard InChI is InChI=1S/C53H60F3N9O7S2/c1-31-47(73-30-60-31)35-17-15-33(16-18-35)27-59-50(68)41-26-39(66)29-65(41)51(69)48(53(3,4)5)61-43(67)14-12-10-8-7-9-11-13-37-28-58-49(57)44-45(62-64(6)46(37)44)36-21-24-40(63-74(70,71)52(55)56)42(25-36)72-32(2)34-19-22-38(54)23-20-34/h15-25,28,30,32,39,41,48,52,63,66H,7-10,12,14,26-27,29H2,1-6H3,(H2,57,58)(H,59,68)(H,61,67)/t32-,39+,41-,48+/m0/s1. The molecule has 3 amide bonds. The molecule has 1 saturated heterocycles. The van der Waals surface area contributed by atoms with Crippen molar-refractivity contribution in [2.24, 2.45) is 12.5 Å². The molecule has 7 rings (SSSR count). The van der Waals surface area contributed by atoms with Crippen molar-refractivity contribution >= 4 is 61.5 Å². The molecule has 1 aliphatic heterocycles. The molecule has 6 aromatic rings. The quantitative estimate of drug-likeness (QED) is 0.0383. The van der Waals surface area contributed by atoms with E-state index in [4.69, 9.17) is 10.5 Å². The number of ether oxygens (including phenoxy) is 1. The third-order valence-electron chi connectivity index (χ3n) is 12.7. The van der Waals surface area contributed by atoms with Crippen molar-refractivity contribution in [1.29, 1.82) is 0 Å². The minimum atomic E-state index is -5.07. The Morgan fingerprint density at radius 1 is 1.00 bits per heavy atom. The van der Waals surface area contributed by atoms with Gasteiger partial charge in [0.25, 0.3) is 10.0 Å². The second-order valence-corrected chi connectivity index (χ2v) is 21.8. The van der Waals surface area contributed by atoms with Gasteiger partial charge in [0.15, 0.2) is 0 Å². The fraction of sp³-hybridized carbons (Fsp3) is 0.396. The Morgan fingerprint density at radius 3 is 2.38 bits per heavy atom. The number of alkyl halides is 2. The summed E-state index contributed by atoms with van der Waals surface area (Å²) in [6.07, 6.45) is 3.51. The number of benzene rings is 3. The first-order valence-corrected chi connectivity index (χ1v) is 26.5. The minimum absolute atomic E-state index is 0.0231. The SMILES string of the molecule is Cc1ncsc1-c1ccc(CNC(=O)[C@@H]2C[C@@H](O)CN2C(=O)[C@@H](NC(=O)CCCCCCC#Cc2cnc(N)c3c(-c4ccc(NS(=O)(=O)C(F)F)c(O[C@@H](C)c5ccc(F)cc5)c4)nn(C)c23)C(C)(C)C)cc1. The fourth-order valence-corrected chi connectivity index (χ4v) is 10.1. The molecule has 0 spiro atoms. The number of pyridine rings is 1. The number of nitrogens with two attached hydrogens (primary N) is 1. The Kier molecular flexibility index (Phi) is 17.4. The number of anilines is 2. The van der Waals surface area contributed by atoms with Gasteiger partial charge >= 0.3 is 5.76 Å². The average Bonchev–Trinajstić information content (AvgIpc) is 4.08. The van der Waals surface area contributed by atoms with E-state index in [1.807, 2.05) is 56.7 Å². The number of hydrogen-bond acceptors (Lipinski definition) is 12. The van der Waals surface area contributed by atoms with Crippen molar-refractivity contribution in [1.82, 2.24) is 35.3 Å². The predicted octanol–water partition coefficient (Wildman–Crippen LogP) is 8.39. The van der Waals surface area contributed by atoms with E-state index in [9.17, 15) is 41.1 Å². The van der Waals surface area contributed by atoms with Gasteiger partial charge in [-0.05, 0) is 73.1 Å². The minimum Gasteiger partial charge on any atom is -0.484 e. The molecule has 392 valence electrons. The molecule has 3 aromatic carbocycles. The highest BCUT2D eigenvalue weighted by Gasteiger charge is 2.44. The van der Waals surface area contributed by atoms with E-state index in [-0.39, 0.29) is 55.0 Å². The van der Waals surface area contributed by atoms with Crippen molar-refractivity contribution < 1.29 is 45.8 Å². The average molecular weight is 1060 g/mol. The third kappa shape index (κ3) is 13.2. The van der Waals surface area contributed by atoms with E-state index >= 15 is 0 Å². The van der Waals surface area contributed by atoms with Crippen molar-refractivity contribution in [2.45, 2.75) is 116 Å². The zero-order valence-corrected chi connectivity index (χ0v) is 43.5. The predicted molar refractivity (Wildman–Crippen MR) is 279 cm³/mol. The van der Waals surface area contributed by atoms with Crippen LogP contribution in [-0.2, 0) is 38.0 Å². The van der Waals surface area contributed by atoms with E-state index in [0.717, 1.165) is 41.0 Å². The normalized spacial score (nSPS) is 15.6. The summed E-state index contributed by atoms with van der Waals surface area (Å²) in [5, 5.41) is 21.6. The van der Waals surface area contributed by atoms with Crippen LogP contribution in [0.3, 0.4) is 0 Å². The highest BCUT2D eigenvalue weighted by molar-refractivity contribution is 7.93. The number of aromatic nitrogens is 4. The number of carbonyl (C=O) groups excluding carboxylic acids is 3. The maximum Gasteiger partial charge on any atom is 0.355 e. The molecular weight excluding hydrogens is 996 g/mol. The van der Waals surface area contributed by atoms with Gasteiger partial charge in [-0.2, -0.15) is 13.9 Å². The van der Waals surface area contributed by atoms with Crippen LogP contribution in [0.25, 0.3) is 32.6 Å². The number of fused-ring (bicyclic) bond motifs is 1. The van der Waals surface area contributed by atoms with Gasteiger partial charge in [0.05, 0.1) is 44.3 Å². The Morgan fingerprint density at radius 2 is 1.70 bits per heavy atom. The molecule has 0 saturated carbocycles. The Hall–Kier alpha value is -7.02. The van der Waals surface area contributed by atoms with E-state index in [2.05, 4.69) is 37.5 Å². The first kappa shape index (κ1) is 54.7. The summed E-state index contributed by atoms with van der Waals surface area (Å²) in [6, 6.07) is 15.7. The van der Waals surface area contributed by atoms with Crippen molar-refractivity contribution in [3.63, 3.8) is 0 Å². The summed E-state index contributed by atoms with van der Waals surface area (Å²) in [5.41, 5.74) is 12.5. The number of sulfonamides is 1. The summed E-state index contributed by atoms with van der Waals surface area (Å²) in [6.45, 7) is 9.35. The number of amides is 3. The Labute approximate surface area is 432 Å². The highest BCUT2D eigenvalue weighted by atomic mass is 32.2. The summed E-state index contributed by atoms with van der Waals surface area (Å²) in [5.74, 6) is 1.12. The lowest BCUT2D eigenvalue weighted by atomic mass is 9.85. The van der Waals surface area contributed by atoms with Crippen LogP contribution >= 0.6 is 11.3 Å². The molecule has 3 aromatic heterocycles. The number of nitrogens with zero attached hydrogens (tertiary/aromatic N) is 5. The number of nitrogens with one attached hydrogen (secondary N) is 3. The van der Waals surface area contributed by atoms with E-state index in [0.29, 0.717) is 46.1 Å². The Bertz CT molecular complexity index is 3170. The van der Waals surface area contributed by atoms with E-state index in [1.165, 1.54) is 47.4 Å². The molecule has 0 radical (unpaired) electrons. The molecule has 4 heterocycles. The summed E-state index contributed by atoms with van der Waals surface area (Å²) >= 11 is 1.56.